The van der Waals surface area contributed by atoms with Gasteiger partial charge in [-0.1, -0.05) is 0 Å². The van der Waals surface area contributed by atoms with Gasteiger partial charge in [-0.2, -0.15) is 0 Å². The molecule has 6 nitrogen and oxygen atoms in total. The lowest BCUT2D eigenvalue weighted by Crippen LogP contribution is -2.62. The first-order chi connectivity index (χ1) is 12.9. The molecule has 0 radical (unpaired) electrons. The van der Waals surface area contributed by atoms with Crippen molar-refractivity contribution in [3.05, 3.63) is 30.0 Å². The van der Waals surface area contributed by atoms with Gasteiger partial charge in [0.25, 0.3) is 11.8 Å². The largest absolute Gasteiger partial charge is 0.497 e. The Hall–Kier alpha value is -2.19. The molecule has 1 amide bonds. The van der Waals surface area contributed by atoms with E-state index < -0.39 is 5.92 Å². The van der Waals surface area contributed by atoms with E-state index in [2.05, 4.69) is 4.98 Å². The fourth-order valence-corrected chi connectivity index (χ4v) is 4.05. The first-order valence-electron chi connectivity index (χ1n) is 8.99. The van der Waals surface area contributed by atoms with Crippen molar-refractivity contribution < 1.29 is 23.0 Å². The number of fused-ring (bicyclic) bond motifs is 1. The summed E-state index contributed by atoms with van der Waals surface area (Å²) in [5.74, 6) is -2.08. The van der Waals surface area contributed by atoms with Crippen molar-refractivity contribution in [3.8, 4) is 5.75 Å². The van der Waals surface area contributed by atoms with E-state index in [9.17, 15) is 13.6 Å². The molecule has 27 heavy (non-hydrogen) atoms. The second-order valence-corrected chi connectivity index (χ2v) is 7.34. The van der Waals surface area contributed by atoms with Crippen molar-refractivity contribution in [2.45, 2.75) is 24.4 Å². The molecule has 4 rings (SSSR count). The smallest absolute Gasteiger partial charge is 0.270 e. The lowest BCUT2D eigenvalue weighted by molar-refractivity contribution is -0.0137. The van der Waals surface area contributed by atoms with Gasteiger partial charge < -0.3 is 19.4 Å². The van der Waals surface area contributed by atoms with Crippen LogP contribution in [-0.2, 0) is 4.74 Å². The van der Waals surface area contributed by atoms with Gasteiger partial charge >= 0.3 is 0 Å². The second kappa shape index (κ2) is 6.76. The number of aromatic amines is 1. The molecule has 2 aliphatic rings. The van der Waals surface area contributed by atoms with Gasteiger partial charge in [-0.3, -0.25) is 9.69 Å². The molecule has 1 N–H and O–H groups in total. The van der Waals surface area contributed by atoms with Crippen molar-refractivity contribution >= 4 is 16.8 Å². The molecule has 1 atom stereocenters. The van der Waals surface area contributed by atoms with Gasteiger partial charge in [-0.25, -0.2) is 8.78 Å². The fourth-order valence-electron chi connectivity index (χ4n) is 4.05. The van der Waals surface area contributed by atoms with E-state index in [0.717, 1.165) is 16.7 Å². The van der Waals surface area contributed by atoms with Gasteiger partial charge in [0.15, 0.2) is 0 Å². The number of carbonyl (C=O) groups excluding carboxylic acids is 1. The third kappa shape index (κ3) is 3.39. The average molecular weight is 379 g/mol. The molecule has 2 aliphatic heterocycles. The lowest BCUT2D eigenvalue weighted by Gasteiger charge is -2.45. The molecule has 0 unspecified atom stereocenters. The molecule has 2 saturated heterocycles. The Balaban J connectivity index is 1.42. The molecule has 1 aromatic heterocycles. The standard InChI is InChI=1S/C19H23F2N3O3/c1-26-10-13-7-19(20,21)11-24(13)14-8-23(9-14)18(25)17-6-12-5-15(27-2)3-4-16(12)22-17/h3-6,13-14,22H,7-11H2,1-2H3/t13-/m0/s1. The minimum Gasteiger partial charge on any atom is -0.497 e. The monoisotopic (exact) mass is 379 g/mol. The highest BCUT2D eigenvalue weighted by Crippen LogP contribution is 2.35. The summed E-state index contributed by atoms with van der Waals surface area (Å²) < 4.78 is 37.9. The Morgan fingerprint density at radius 1 is 1.30 bits per heavy atom. The number of hydrogen-bond acceptors (Lipinski definition) is 4. The Morgan fingerprint density at radius 2 is 2.07 bits per heavy atom. The number of ether oxygens (including phenoxy) is 2. The maximum absolute atomic E-state index is 13.8. The Labute approximate surface area is 156 Å². The van der Waals surface area contributed by atoms with Gasteiger partial charge in [0.05, 0.1) is 20.3 Å². The zero-order valence-electron chi connectivity index (χ0n) is 15.4. The summed E-state index contributed by atoms with van der Waals surface area (Å²) in [6.45, 7) is 0.922. The Bertz CT molecular complexity index is 848. The van der Waals surface area contributed by atoms with Crippen LogP contribution in [0.3, 0.4) is 0 Å². The van der Waals surface area contributed by atoms with Gasteiger partial charge in [0, 0.05) is 49.6 Å². The number of methoxy groups -OCH3 is 2. The molecule has 0 saturated carbocycles. The number of likely N-dealkylation sites (tertiary alicyclic amines) is 2. The highest BCUT2D eigenvalue weighted by molar-refractivity contribution is 5.98. The van der Waals surface area contributed by atoms with Crippen molar-refractivity contribution in [3.63, 3.8) is 0 Å². The van der Waals surface area contributed by atoms with Crippen LogP contribution in [0.1, 0.15) is 16.9 Å². The van der Waals surface area contributed by atoms with Crippen LogP contribution >= 0.6 is 0 Å². The topological polar surface area (TPSA) is 57.8 Å². The summed E-state index contributed by atoms with van der Waals surface area (Å²) >= 11 is 0. The summed E-state index contributed by atoms with van der Waals surface area (Å²) in [6, 6.07) is 7.01. The summed E-state index contributed by atoms with van der Waals surface area (Å²) in [5, 5.41) is 0.897. The van der Waals surface area contributed by atoms with Gasteiger partial charge in [-0.15, -0.1) is 0 Å². The SMILES string of the molecule is COC[C@@H]1CC(F)(F)CN1C1CN(C(=O)c2cc3cc(OC)ccc3[nH]2)C1. The van der Waals surface area contributed by atoms with E-state index in [-0.39, 0.29) is 37.6 Å². The molecule has 1 aromatic carbocycles. The van der Waals surface area contributed by atoms with Crippen LogP contribution < -0.4 is 4.74 Å². The fraction of sp³-hybridized carbons (Fsp3) is 0.526. The van der Waals surface area contributed by atoms with Crippen LogP contribution in [0.25, 0.3) is 10.9 Å². The number of aromatic nitrogens is 1. The highest BCUT2D eigenvalue weighted by atomic mass is 19.3. The number of carbonyl (C=O) groups is 1. The Kier molecular flexibility index (Phi) is 4.55. The molecule has 146 valence electrons. The van der Waals surface area contributed by atoms with Crippen molar-refractivity contribution in [1.82, 2.24) is 14.8 Å². The number of rotatable bonds is 5. The molecule has 2 fully saturated rings. The maximum Gasteiger partial charge on any atom is 0.270 e. The van der Waals surface area contributed by atoms with Crippen LogP contribution in [0.4, 0.5) is 8.78 Å². The van der Waals surface area contributed by atoms with E-state index in [1.165, 1.54) is 7.11 Å². The molecule has 2 aromatic rings. The summed E-state index contributed by atoms with van der Waals surface area (Å²) in [7, 11) is 3.12. The van der Waals surface area contributed by atoms with Crippen molar-refractivity contribution in [2.75, 3.05) is 40.5 Å². The number of nitrogens with one attached hydrogen (secondary N) is 1. The molecule has 8 heteroatoms. The average Bonchev–Trinajstić information content (AvgIpc) is 3.13. The van der Waals surface area contributed by atoms with Crippen LogP contribution in [-0.4, -0.2) is 79.2 Å². The second-order valence-electron chi connectivity index (χ2n) is 7.34. The van der Waals surface area contributed by atoms with Crippen LogP contribution in [0, 0.1) is 0 Å². The molecular weight excluding hydrogens is 356 g/mol. The maximum atomic E-state index is 13.8. The first-order valence-corrected chi connectivity index (χ1v) is 8.99. The Morgan fingerprint density at radius 3 is 2.78 bits per heavy atom. The van der Waals surface area contributed by atoms with Crippen LogP contribution in [0.15, 0.2) is 24.3 Å². The summed E-state index contributed by atoms with van der Waals surface area (Å²) in [5.41, 5.74) is 1.35. The number of alkyl halides is 2. The quantitative estimate of drug-likeness (QED) is 0.867. The molecular formula is C19H23F2N3O3. The number of benzene rings is 1. The minimum absolute atomic E-state index is 0.0491. The number of nitrogens with zero attached hydrogens (tertiary/aromatic N) is 2. The zero-order valence-corrected chi connectivity index (χ0v) is 15.4. The number of hydrogen-bond donors (Lipinski definition) is 1. The highest BCUT2D eigenvalue weighted by Gasteiger charge is 2.50. The lowest BCUT2D eigenvalue weighted by atomic mass is 10.1. The van der Waals surface area contributed by atoms with E-state index in [1.54, 1.807) is 23.0 Å². The zero-order chi connectivity index (χ0) is 19.2. The van der Waals surface area contributed by atoms with E-state index >= 15 is 0 Å². The number of amides is 1. The van der Waals surface area contributed by atoms with Gasteiger partial charge in [0.1, 0.15) is 11.4 Å². The van der Waals surface area contributed by atoms with Crippen LogP contribution in [0.5, 0.6) is 5.75 Å². The number of halogens is 2. The summed E-state index contributed by atoms with van der Waals surface area (Å²) in [6.07, 6.45) is -0.185. The molecule has 0 spiro atoms. The predicted molar refractivity (Wildman–Crippen MR) is 96.5 cm³/mol. The van der Waals surface area contributed by atoms with Crippen molar-refractivity contribution in [2.24, 2.45) is 0 Å². The van der Waals surface area contributed by atoms with Gasteiger partial charge in [0.2, 0.25) is 0 Å². The van der Waals surface area contributed by atoms with Crippen LogP contribution in [0.2, 0.25) is 0 Å². The molecule has 0 aliphatic carbocycles. The first kappa shape index (κ1) is 18.2. The van der Waals surface area contributed by atoms with E-state index in [4.69, 9.17) is 9.47 Å². The number of H-pyrrole nitrogens is 1. The third-order valence-corrected chi connectivity index (χ3v) is 5.45. The summed E-state index contributed by atoms with van der Waals surface area (Å²) in [4.78, 5) is 19.3. The third-order valence-electron chi connectivity index (χ3n) is 5.45. The normalized spacial score (nSPS) is 23.0. The minimum atomic E-state index is -2.69. The van der Waals surface area contributed by atoms with Gasteiger partial charge in [-0.05, 0) is 24.3 Å². The molecule has 0 bridgehead atoms. The molecule has 3 heterocycles. The van der Waals surface area contributed by atoms with Crippen molar-refractivity contribution in [1.29, 1.82) is 0 Å². The van der Waals surface area contributed by atoms with E-state index in [0.29, 0.717) is 18.8 Å². The van der Waals surface area contributed by atoms with E-state index in [1.807, 2.05) is 18.2 Å². The predicted octanol–water partition coefficient (Wildman–Crippen LogP) is 2.36.